The first kappa shape index (κ1) is 11.5. The highest BCUT2D eigenvalue weighted by molar-refractivity contribution is 5.54. The Morgan fingerprint density at radius 2 is 2.27 bits per heavy atom. The summed E-state index contributed by atoms with van der Waals surface area (Å²) in [4.78, 5) is 7.94. The minimum Gasteiger partial charge on any atom is -0.489 e. The number of aliphatic hydroxyl groups excluding tert-OH is 1. The Morgan fingerprint density at radius 3 is 2.87 bits per heavy atom. The number of nitrogens with zero attached hydrogens (tertiary/aromatic N) is 2. The molecule has 1 rings (SSSR count). The number of methoxy groups -OCH3 is 1. The molecular formula is C9H15N3O3. The fourth-order valence-corrected chi connectivity index (χ4v) is 1.08. The van der Waals surface area contributed by atoms with E-state index in [9.17, 15) is 0 Å². The van der Waals surface area contributed by atoms with E-state index in [4.69, 9.17) is 14.6 Å². The average Bonchev–Trinajstić information content (AvgIpc) is 2.27. The molecule has 15 heavy (non-hydrogen) atoms. The van der Waals surface area contributed by atoms with Crippen LogP contribution in [-0.2, 0) is 0 Å². The molecule has 1 aromatic rings. The third-order valence-corrected chi connectivity index (χ3v) is 1.65. The molecule has 1 aromatic heterocycles. The molecule has 0 aromatic carbocycles. The van der Waals surface area contributed by atoms with Gasteiger partial charge in [-0.25, -0.2) is 4.98 Å². The molecule has 0 fully saturated rings. The van der Waals surface area contributed by atoms with Gasteiger partial charge >= 0.3 is 0 Å². The van der Waals surface area contributed by atoms with E-state index >= 15 is 0 Å². The summed E-state index contributed by atoms with van der Waals surface area (Å²) in [5.41, 5.74) is 0. The third kappa shape index (κ3) is 2.95. The highest BCUT2D eigenvalue weighted by atomic mass is 16.5. The number of hydrogen-bond acceptors (Lipinski definition) is 6. The van der Waals surface area contributed by atoms with E-state index in [-0.39, 0.29) is 13.2 Å². The van der Waals surface area contributed by atoms with Crippen LogP contribution in [0.3, 0.4) is 0 Å². The lowest BCUT2D eigenvalue weighted by Gasteiger charge is -2.11. The van der Waals surface area contributed by atoms with E-state index in [0.717, 1.165) is 6.54 Å². The molecule has 0 saturated heterocycles. The molecule has 6 heteroatoms. The van der Waals surface area contributed by atoms with Gasteiger partial charge < -0.3 is 19.9 Å². The number of hydrogen-bond donors (Lipinski definition) is 2. The Morgan fingerprint density at radius 1 is 1.47 bits per heavy atom. The molecule has 6 nitrogen and oxygen atoms in total. The van der Waals surface area contributed by atoms with Crippen LogP contribution in [0.4, 0.5) is 5.82 Å². The summed E-state index contributed by atoms with van der Waals surface area (Å²) >= 11 is 0. The number of nitrogens with one attached hydrogen (secondary N) is 1. The van der Waals surface area contributed by atoms with Crippen molar-refractivity contribution < 1.29 is 14.6 Å². The number of aliphatic hydroxyl groups is 1. The maximum Gasteiger partial charge on any atom is 0.262 e. The Labute approximate surface area is 88.3 Å². The summed E-state index contributed by atoms with van der Waals surface area (Å²) < 4.78 is 10.3. The van der Waals surface area contributed by atoms with Gasteiger partial charge in [0, 0.05) is 6.54 Å². The third-order valence-electron chi connectivity index (χ3n) is 1.65. The van der Waals surface area contributed by atoms with E-state index in [1.807, 2.05) is 6.92 Å². The largest absolute Gasteiger partial charge is 0.489 e. The van der Waals surface area contributed by atoms with Crippen molar-refractivity contribution in [2.45, 2.75) is 6.92 Å². The molecule has 0 radical (unpaired) electrons. The standard InChI is InChI=1S/C9H15N3O3/c1-3-10-8-7(14-2)9(12-6-11-8)15-5-4-13/h6,13H,3-5H2,1-2H3,(H,10,11,12). The molecular weight excluding hydrogens is 198 g/mol. The lowest BCUT2D eigenvalue weighted by molar-refractivity contribution is 0.191. The van der Waals surface area contributed by atoms with Crippen molar-refractivity contribution in [3.63, 3.8) is 0 Å². The van der Waals surface area contributed by atoms with Crippen molar-refractivity contribution in [1.82, 2.24) is 9.97 Å². The second kappa shape index (κ2) is 6.02. The van der Waals surface area contributed by atoms with Crippen molar-refractivity contribution >= 4 is 5.82 Å². The molecule has 0 saturated carbocycles. The van der Waals surface area contributed by atoms with Gasteiger partial charge in [-0.2, -0.15) is 4.98 Å². The zero-order chi connectivity index (χ0) is 11.1. The van der Waals surface area contributed by atoms with Gasteiger partial charge in [0.1, 0.15) is 12.9 Å². The molecule has 84 valence electrons. The van der Waals surface area contributed by atoms with E-state index in [2.05, 4.69) is 15.3 Å². The first-order valence-electron chi connectivity index (χ1n) is 4.70. The van der Waals surface area contributed by atoms with Crippen LogP contribution in [0.15, 0.2) is 6.33 Å². The first-order chi connectivity index (χ1) is 7.33. The molecule has 0 unspecified atom stereocenters. The highest BCUT2D eigenvalue weighted by Crippen LogP contribution is 2.30. The van der Waals surface area contributed by atoms with Gasteiger partial charge in [-0.05, 0) is 6.92 Å². The van der Waals surface area contributed by atoms with Gasteiger partial charge in [-0.1, -0.05) is 0 Å². The van der Waals surface area contributed by atoms with Crippen LogP contribution in [0.25, 0.3) is 0 Å². The summed E-state index contributed by atoms with van der Waals surface area (Å²) in [6.07, 6.45) is 1.38. The van der Waals surface area contributed by atoms with Crippen LogP contribution in [0.2, 0.25) is 0 Å². The van der Waals surface area contributed by atoms with E-state index in [1.54, 1.807) is 0 Å². The van der Waals surface area contributed by atoms with Gasteiger partial charge in [0.05, 0.1) is 13.7 Å². The second-order valence-electron chi connectivity index (χ2n) is 2.66. The van der Waals surface area contributed by atoms with Crippen LogP contribution in [0, 0.1) is 0 Å². The summed E-state index contributed by atoms with van der Waals surface area (Å²) in [6, 6.07) is 0. The van der Waals surface area contributed by atoms with Gasteiger partial charge in [-0.3, -0.25) is 0 Å². The Kier molecular flexibility index (Phi) is 4.62. The number of rotatable bonds is 6. The molecule has 0 bridgehead atoms. The molecule has 0 aliphatic heterocycles. The predicted octanol–water partition coefficient (Wildman–Crippen LogP) is 0.288. The molecule has 1 heterocycles. The second-order valence-corrected chi connectivity index (χ2v) is 2.66. The van der Waals surface area contributed by atoms with Gasteiger partial charge in [-0.15, -0.1) is 0 Å². The topological polar surface area (TPSA) is 76.5 Å². The quantitative estimate of drug-likeness (QED) is 0.707. The van der Waals surface area contributed by atoms with Crippen molar-refractivity contribution in [2.24, 2.45) is 0 Å². The Bertz CT molecular complexity index is 307. The lowest BCUT2D eigenvalue weighted by Crippen LogP contribution is -2.08. The summed E-state index contributed by atoms with van der Waals surface area (Å²) in [5.74, 6) is 1.37. The van der Waals surface area contributed by atoms with Crippen molar-refractivity contribution in [2.75, 3.05) is 32.2 Å². The van der Waals surface area contributed by atoms with Crippen LogP contribution in [-0.4, -0.2) is 41.9 Å². The van der Waals surface area contributed by atoms with E-state index < -0.39 is 0 Å². The predicted molar refractivity (Wildman–Crippen MR) is 55.3 cm³/mol. The minimum atomic E-state index is -0.0658. The SMILES string of the molecule is CCNc1ncnc(OCCO)c1OC. The first-order valence-corrected chi connectivity index (χ1v) is 4.70. The lowest BCUT2D eigenvalue weighted by atomic mass is 10.5. The Hall–Kier alpha value is -1.56. The molecule has 0 amide bonds. The number of ether oxygens (including phenoxy) is 2. The summed E-state index contributed by atoms with van der Waals surface area (Å²) in [7, 11) is 1.52. The van der Waals surface area contributed by atoms with Crippen molar-refractivity contribution in [3.05, 3.63) is 6.33 Å². The Balaban J connectivity index is 2.88. The number of aromatic nitrogens is 2. The average molecular weight is 213 g/mol. The molecule has 0 spiro atoms. The summed E-state index contributed by atoms with van der Waals surface area (Å²) in [6.45, 7) is 2.80. The molecule has 0 aliphatic carbocycles. The zero-order valence-corrected chi connectivity index (χ0v) is 8.86. The van der Waals surface area contributed by atoms with E-state index in [0.29, 0.717) is 17.4 Å². The molecule has 0 aliphatic rings. The summed E-state index contributed by atoms with van der Waals surface area (Å²) in [5, 5.41) is 11.7. The monoisotopic (exact) mass is 213 g/mol. The van der Waals surface area contributed by atoms with Crippen LogP contribution in [0.1, 0.15) is 6.92 Å². The zero-order valence-electron chi connectivity index (χ0n) is 8.86. The van der Waals surface area contributed by atoms with Gasteiger partial charge in [0.2, 0.25) is 5.75 Å². The maximum atomic E-state index is 8.64. The van der Waals surface area contributed by atoms with Gasteiger partial charge in [0.25, 0.3) is 5.88 Å². The van der Waals surface area contributed by atoms with Crippen LogP contribution < -0.4 is 14.8 Å². The maximum absolute atomic E-state index is 8.64. The van der Waals surface area contributed by atoms with Gasteiger partial charge in [0.15, 0.2) is 5.82 Å². The smallest absolute Gasteiger partial charge is 0.262 e. The van der Waals surface area contributed by atoms with Crippen LogP contribution >= 0.6 is 0 Å². The number of anilines is 1. The molecule has 0 atom stereocenters. The molecule has 2 N–H and O–H groups in total. The highest BCUT2D eigenvalue weighted by Gasteiger charge is 2.12. The van der Waals surface area contributed by atoms with Crippen molar-refractivity contribution in [1.29, 1.82) is 0 Å². The normalized spacial score (nSPS) is 9.80. The fraction of sp³-hybridized carbons (Fsp3) is 0.556. The fourth-order valence-electron chi connectivity index (χ4n) is 1.08. The van der Waals surface area contributed by atoms with E-state index in [1.165, 1.54) is 13.4 Å². The minimum absolute atomic E-state index is 0.0658. The van der Waals surface area contributed by atoms with Crippen LogP contribution in [0.5, 0.6) is 11.6 Å². The van der Waals surface area contributed by atoms with Crippen molar-refractivity contribution in [3.8, 4) is 11.6 Å².